The van der Waals surface area contributed by atoms with Crippen LogP contribution in [0.5, 0.6) is 0 Å². The van der Waals surface area contributed by atoms with Crippen LogP contribution in [0.1, 0.15) is 20.7 Å². The standard InChI is InChI=1S/C19H14N8O.C18H16N8O/c20-5-12-8-26(9-12)19(28)13-1-2-16(22-6-13)27-10-14(7-25-27)15-3-4-21-18-17(15)23-11-24-18;19-5-11-8-25(9-11)18(27)12-1-2-15(23-6-12)26-10-13(7-24-26)14-3-4-22-17(21)16(14)20/h1-4,6-7,10-12H,8-9H2,(H,21,23,24);1-4,6-7,10-11H,8-9,20H2,(H2,21,22). The number of rotatable bonds is 6. The molecule has 270 valence electrons. The number of carbonyl (C=O) groups excluding carboxylic acids is 2. The lowest BCUT2D eigenvalue weighted by molar-refractivity contribution is 0.0570. The van der Waals surface area contributed by atoms with E-state index in [4.69, 9.17) is 22.0 Å². The second-order valence-electron chi connectivity index (χ2n) is 12.8. The van der Waals surface area contributed by atoms with Gasteiger partial charge in [0.15, 0.2) is 17.3 Å². The van der Waals surface area contributed by atoms with Gasteiger partial charge in [0.2, 0.25) is 0 Å². The van der Waals surface area contributed by atoms with Crippen molar-refractivity contribution in [1.29, 1.82) is 10.5 Å². The Morgan fingerprint density at radius 2 is 1.20 bits per heavy atom. The molecule has 0 saturated carbocycles. The number of nitrogens with two attached hydrogens (primary N) is 2. The summed E-state index contributed by atoms with van der Waals surface area (Å²) in [7, 11) is 0. The van der Waals surface area contributed by atoms with Gasteiger partial charge in [0.25, 0.3) is 11.8 Å². The van der Waals surface area contributed by atoms with Gasteiger partial charge in [-0.05, 0) is 36.4 Å². The molecule has 18 nitrogen and oxygen atoms in total. The number of nitrogen functional groups attached to an aromatic ring is 2. The van der Waals surface area contributed by atoms with Gasteiger partial charge in [-0.2, -0.15) is 20.7 Å². The maximum atomic E-state index is 12.4. The van der Waals surface area contributed by atoms with E-state index < -0.39 is 0 Å². The number of pyridine rings is 4. The molecule has 2 saturated heterocycles. The van der Waals surface area contributed by atoms with Crippen molar-refractivity contribution in [3.8, 4) is 46.0 Å². The van der Waals surface area contributed by atoms with E-state index in [0.29, 0.717) is 60.3 Å². The van der Waals surface area contributed by atoms with Crippen molar-refractivity contribution in [2.24, 2.45) is 11.8 Å². The molecule has 2 aliphatic rings. The van der Waals surface area contributed by atoms with Crippen LogP contribution in [-0.2, 0) is 0 Å². The minimum absolute atomic E-state index is 0.0618. The zero-order valence-electron chi connectivity index (χ0n) is 28.9. The maximum Gasteiger partial charge on any atom is 0.255 e. The summed E-state index contributed by atoms with van der Waals surface area (Å²) in [5.41, 5.74) is 18.0. The van der Waals surface area contributed by atoms with Gasteiger partial charge in [-0.15, -0.1) is 0 Å². The van der Waals surface area contributed by atoms with Gasteiger partial charge >= 0.3 is 0 Å². The Bertz CT molecular complexity index is 2620. The van der Waals surface area contributed by atoms with Crippen LogP contribution >= 0.6 is 0 Å². The van der Waals surface area contributed by atoms with Crippen LogP contribution in [0, 0.1) is 34.5 Å². The molecule has 9 heterocycles. The molecular weight excluding hydrogens is 701 g/mol. The minimum atomic E-state index is -0.123. The molecule has 0 aliphatic carbocycles. The lowest BCUT2D eigenvalue weighted by Crippen LogP contribution is -2.49. The van der Waals surface area contributed by atoms with Crippen molar-refractivity contribution in [2.75, 3.05) is 37.6 Å². The van der Waals surface area contributed by atoms with E-state index in [2.05, 4.69) is 52.2 Å². The summed E-state index contributed by atoms with van der Waals surface area (Å²) in [5, 5.41) is 26.3. The van der Waals surface area contributed by atoms with Crippen molar-refractivity contribution < 1.29 is 9.59 Å². The molecule has 2 aliphatic heterocycles. The molecule has 55 heavy (non-hydrogen) atoms. The van der Waals surface area contributed by atoms with E-state index in [0.717, 1.165) is 27.8 Å². The second kappa shape index (κ2) is 14.2. The third kappa shape index (κ3) is 6.62. The quantitative estimate of drug-likeness (QED) is 0.223. The number of aromatic amines is 1. The second-order valence-corrected chi connectivity index (χ2v) is 12.8. The van der Waals surface area contributed by atoms with Crippen molar-refractivity contribution in [1.82, 2.24) is 59.3 Å². The fourth-order valence-electron chi connectivity index (χ4n) is 6.12. The van der Waals surface area contributed by atoms with E-state index in [1.54, 1.807) is 86.8 Å². The molecule has 2 amide bonds. The van der Waals surface area contributed by atoms with Crippen LogP contribution in [0.3, 0.4) is 0 Å². The Hall–Kier alpha value is -7.99. The van der Waals surface area contributed by atoms with E-state index >= 15 is 0 Å². The van der Waals surface area contributed by atoms with Gasteiger partial charge < -0.3 is 26.3 Å². The number of fused-ring (bicyclic) bond motifs is 1. The van der Waals surface area contributed by atoms with E-state index in [1.165, 1.54) is 12.4 Å². The minimum Gasteiger partial charge on any atom is -0.395 e. The highest BCUT2D eigenvalue weighted by molar-refractivity contribution is 5.95. The average Bonchev–Trinajstić information content (AvgIpc) is 3.97. The number of hydrogen-bond donors (Lipinski definition) is 3. The van der Waals surface area contributed by atoms with Crippen molar-refractivity contribution in [2.45, 2.75) is 0 Å². The van der Waals surface area contributed by atoms with Gasteiger partial charge in [0.1, 0.15) is 5.82 Å². The summed E-state index contributed by atoms with van der Waals surface area (Å²) < 4.78 is 3.25. The Kier molecular flexibility index (Phi) is 8.81. The van der Waals surface area contributed by atoms with Gasteiger partial charge in [0, 0.05) is 85.6 Å². The maximum absolute atomic E-state index is 12.4. The fraction of sp³-hybridized carbons (Fsp3) is 0.162. The molecule has 0 atom stereocenters. The SMILES string of the molecule is N#CC1CN(C(=O)c2ccc(-n3cc(-c4ccnc(N)c4N)cn3)nc2)C1.N#CC1CN(C(=O)c2ccc(-n3cc(-c4ccnc5nc[nH]c45)cn3)nc2)C1. The molecule has 18 heteroatoms. The number of aromatic nitrogens is 10. The zero-order chi connectivity index (χ0) is 38.1. The molecule has 0 spiro atoms. The summed E-state index contributed by atoms with van der Waals surface area (Å²) in [6.45, 7) is 1.90. The number of hydrogen-bond acceptors (Lipinski definition) is 13. The topological polar surface area (TPSA) is 256 Å². The molecule has 5 N–H and O–H groups in total. The highest BCUT2D eigenvalue weighted by Crippen LogP contribution is 2.29. The average molecular weight is 731 g/mol. The lowest BCUT2D eigenvalue weighted by Gasteiger charge is -2.35. The van der Waals surface area contributed by atoms with Gasteiger partial charge in [-0.25, -0.2) is 34.3 Å². The van der Waals surface area contributed by atoms with Crippen molar-refractivity contribution in [3.05, 3.63) is 103 Å². The number of nitrogens with zero attached hydrogens (tertiary/aromatic N) is 13. The van der Waals surface area contributed by atoms with Crippen LogP contribution in [-0.4, -0.2) is 97.3 Å². The highest BCUT2D eigenvalue weighted by Gasteiger charge is 2.32. The Balaban J connectivity index is 0.000000155. The predicted octanol–water partition coefficient (Wildman–Crippen LogP) is 2.89. The molecule has 9 rings (SSSR count). The number of amides is 2. The van der Waals surface area contributed by atoms with Crippen LogP contribution in [0.25, 0.3) is 45.1 Å². The summed E-state index contributed by atoms with van der Waals surface area (Å²) in [6.07, 6.45) is 15.0. The Labute approximate surface area is 312 Å². The molecule has 0 unspecified atom stereocenters. The lowest BCUT2D eigenvalue weighted by atomic mass is 10.0. The van der Waals surface area contributed by atoms with E-state index in [9.17, 15) is 9.59 Å². The molecule has 7 aromatic heterocycles. The number of imidazole rings is 1. The Morgan fingerprint density at radius 1 is 0.673 bits per heavy atom. The van der Waals surface area contributed by atoms with Gasteiger partial charge in [-0.1, -0.05) is 0 Å². The molecule has 7 aromatic rings. The molecular formula is C37H30N16O2. The van der Waals surface area contributed by atoms with Gasteiger partial charge in [-0.3, -0.25) is 9.59 Å². The number of anilines is 2. The first-order valence-electron chi connectivity index (χ1n) is 17.0. The van der Waals surface area contributed by atoms with Gasteiger partial charge in [0.05, 0.1) is 65.0 Å². The highest BCUT2D eigenvalue weighted by atomic mass is 16.2. The first-order chi connectivity index (χ1) is 26.8. The first kappa shape index (κ1) is 34.1. The van der Waals surface area contributed by atoms with Crippen LogP contribution in [0.2, 0.25) is 0 Å². The number of nitriles is 2. The number of carbonyl (C=O) groups is 2. The first-order valence-corrected chi connectivity index (χ1v) is 17.0. The van der Waals surface area contributed by atoms with Crippen molar-refractivity contribution >= 4 is 34.5 Å². The van der Waals surface area contributed by atoms with E-state index in [-0.39, 0.29) is 29.5 Å². The normalized spacial score (nSPS) is 13.9. The molecule has 0 bridgehead atoms. The summed E-state index contributed by atoms with van der Waals surface area (Å²) in [6, 6.07) is 14.9. The third-order valence-corrected chi connectivity index (χ3v) is 9.30. The van der Waals surface area contributed by atoms with Crippen molar-refractivity contribution in [3.63, 3.8) is 0 Å². The molecule has 0 aromatic carbocycles. The zero-order valence-corrected chi connectivity index (χ0v) is 28.9. The monoisotopic (exact) mass is 730 g/mol. The molecule has 0 radical (unpaired) electrons. The molecule has 2 fully saturated rings. The fourth-order valence-corrected chi connectivity index (χ4v) is 6.12. The predicted molar refractivity (Wildman–Crippen MR) is 198 cm³/mol. The third-order valence-electron chi connectivity index (χ3n) is 9.30. The smallest absolute Gasteiger partial charge is 0.255 e. The Morgan fingerprint density at radius 3 is 1.73 bits per heavy atom. The van der Waals surface area contributed by atoms with Crippen LogP contribution in [0.15, 0.2) is 92.3 Å². The number of likely N-dealkylation sites (tertiary alicyclic amines) is 2. The largest absolute Gasteiger partial charge is 0.395 e. The number of nitrogens with one attached hydrogen (secondary N) is 1. The summed E-state index contributed by atoms with van der Waals surface area (Å²) in [5.74, 6) is 1.08. The van der Waals surface area contributed by atoms with Crippen LogP contribution in [0.4, 0.5) is 11.5 Å². The van der Waals surface area contributed by atoms with Crippen LogP contribution < -0.4 is 11.5 Å². The number of H-pyrrole nitrogens is 1. The van der Waals surface area contributed by atoms with E-state index in [1.807, 2.05) is 12.3 Å². The summed E-state index contributed by atoms with van der Waals surface area (Å²) >= 11 is 0. The summed E-state index contributed by atoms with van der Waals surface area (Å²) in [4.78, 5) is 52.1.